The summed E-state index contributed by atoms with van der Waals surface area (Å²) < 4.78 is 4.83. The van der Waals surface area contributed by atoms with Crippen LogP contribution in [0, 0.1) is 0 Å². The Morgan fingerprint density at radius 3 is 3.00 bits per heavy atom. The molecule has 6 nitrogen and oxygen atoms in total. The molecule has 1 aromatic carbocycles. The van der Waals surface area contributed by atoms with Crippen LogP contribution in [-0.2, 0) is 4.79 Å². The average molecular weight is 222 g/mol. The first kappa shape index (κ1) is 10.4. The molecule has 6 heteroatoms. The zero-order valence-corrected chi connectivity index (χ0v) is 8.56. The zero-order valence-electron chi connectivity index (χ0n) is 8.56. The molecule has 0 spiro atoms. The maximum atomic E-state index is 11.2. The molecule has 0 saturated heterocycles. The van der Waals surface area contributed by atoms with E-state index in [1.54, 1.807) is 18.2 Å². The minimum atomic E-state index is -0.559. The lowest BCUT2D eigenvalue weighted by Crippen LogP contribution is -2.28. The summed E-state index contributed by atoms with van der Waals surface area (Å²) in [6.45, 7) is -0.559. The van der Waals surface area contributed by atoms with Gasteiger partial charge in [0.25, 0.3) is 5.91 Å². The summed E-state index contributed by atoms with van der Waals surface area (Å²) in [5, 5.41) is 8.72. The molecule has 1 aromatic heterocycles. The first-order valence-corrected chi connectivity index (χ1v) is 4.62. The number of hydrogen-bond acceptors (Lipinski definition) is 4. The second-order valence-electron chi connectivity index (χ2n) is 3.31. The van der Waals surface area contributed by atoms with E-state index in [4.69, 9.17) is 9.52 Å². The van der Waals surface area contributed by atoms with Crippen molar-refractivity contribution in [3.63, 3.8) is 0 Å². The normalized spacial score (nSPS) is 10.6. The number of carbonyl (C=O) groups excluding carboxylic acids is 1. The molecule has 0 aliphatic heterocycles. The Morgan fingerprint density at radius 2 is 2.31 bits per heavy atom. The monoisotopic (exact) mass is 222 g/mol. The van der Waals surface area contributed by atoms with Gasteiger partial charge in [-0.15, -0.1) is 0 Å². The molecule has 0 aliphatic rings. The molecule has 0 fully saturated rings. The van der Waals surface area contributed by atoms with Crippen LogP contribution in [0.15, 0.2) is 27.4 Å². The number of nitrogens with zero attached hydrogens (tertiary/aromatic N) is 1. The second kappa shape index (κ2) is 3.82. The van der Waals surface area contributed by atoms with E-state index in [2.05, 4.69) is 4.98 Å². The minimum absolute atomic E-state index is 0.426. The van der Waals surface area contributed by atoms with E-state index in [-0.39, 0.29) is 0 Å². The molecule has 0 radical (unpaired) electrons. The van der Waals surface area contributed by atoms with Gasteiger partial charge < -0.3 is 14.4 Å². The van der Waals surface area contributed by atoms with Gasteiger partial charge in [0.05, 0.1) is 5.52 Å². The van der Waals surface area contributed by atoms with E-state index < -0.39 is 18.3 Å². The number of benzene rings is 1. The van der Waals surface area contributed by atoms with Crippen LogP contribution < -0.4 is 10.7 Å². The number of nitrogens with one attached hydrogen (secondary N) is 1. The Labute approximate surface area is 90.1 Å². The van der Waals surface area contributed by atoms with Crippen LogP contribution in [0.1, 0.15) is 0 Å². The number of carbonyl (C=O) groups is 1. The number of oxazole rings is 1. The molecule has 84 valence electrons. The SMILES string of the molecule is CN(C(=O)CO)c1ccc2oc(=O)[nH]c2c1. The summed E-state index contributed by atoms with van der Waals surface area (Å²) in [5.74, 6) is -0.964. The fraction of sp³-hybridized carbons (Fsp3) is 0.200. The Morgan fingerprint density at radius 1 is 1.56 bits per heavy atom. The van der Waals surface area contributed by atoms with Gasteiger partial charge in [-0.05, 0) is 18.2 Å². The Hall–Kier alpha value is -2.08. The van der Waals surface area contributed by atoms with Gasteiger partial charge in [-0.25, -0.2) is 4.79 Å². The van der Waals surface area contributed by atoms with E-state index >= 15 is 0 Å². The van der Waals surface area contributed by atoms with Crippen molar-refractivity contribution in [2.45, 2.75) is 0 Å². The second-order valence-corrected chi connectivity index (χ2v) is 3.31. The minimum Gasteiger partial charge on any atom is -0.408 e. The van der Waals surface area contributed by atoms with E-state index in [0.29, 0.717) is 16.8 Å². The van der Waals surface area contributed by atoms with Crippen molar-refractivity contribution >= 4 is 22.7 Å². The predicted molar refractivity (Wildman–Crippen MR) is 57.3 cm³/mol. The third-order valence-corrected chi connectivity index (χ3v) is 2.30. The highest BCUT2D eigenvalue weighted by Gasteiger charge is 2.10. The van der Waals surface area contributed by atoms with E-state index in [1.165, 1.54) is 11.9 Å². The smallest absolute Gasteiger partial charge is 0.408 e. The average Bonchev–Trinajstić information content (AvgIpc) is 2.65. The molecule has 2 aromatic rings. The Balaban J connectivity index is 2.46. The fourth-order valence-corrected chi connectivity index (χ4v) is 1.40. The molecule has 2 N–H and O–H groups in total. The lowest BCUT2D eigenvalue weighted by atomic mass is 10.2. The van der Waals surface area contributed by atoms with Gasteiger partial charge in [-0.1, -0.05) is 0 Å². The Kier molecular flexibility index (Phi) is 2.49. The topological polar surface area (TPSA) is 86.5 Å². The molecule has 16 heavy (non-hydrogen) atoms. The molecule has 0 bridgehead atoms. The molecular weight excluding hydrogens is 212 g/mol. The summed E-state index contributed by atoms with van der Waals surface area (Å²) in [5.41, 5.74) is 1.52. The highest BCUT2D eigenvalue weighted by molar-refractivity contribution is 5.95. The van der Waals surface area contributed by atoms with Gasteiger partial charge in [0.15, 0.2) is 5.58 Å². The number of aliphatic hydroxyl groups excluding tert-OH is 1. The number of rotatable bonds is 2. The zero-order chi connectivity index (χ0) is 11.7. The van der Waals surface area contributed by atoms with Crippen LogP contribution in [-0.4, -0.2) is 29.7 Å². The molecule has 0 aliphatic carbocycles. The molecule has 0 atom stereocenters. The van der Waals surface area contributed by atoms with Gasteiger partial charge in [-0.2, -0.15) is 0 Å². The Bertz CT molecular complexity index is 584. The maximum Gasteiger partial charge on any atom is 0.417 e. The molecule has 0 unspecified atom stereocenters. The van der Waals surface area contributed by atoms with Crippen molar-refractivity contribution in [1.29, 1.82) is 0 Å². The maximum absolute atomic E-state index is 11.2. The number of hydrogen-bond donors (Lipinski definition) is 2. The van der Waals surface area contributed by atoms with Crippen LogP contribution in [0.4, 0.5) is 5.69 Å². The number of anilines is 1. The summed E-state index contributed by atoms with van der Waals surface area (Å²) in [6.07, 6.45) is 0. The fourth-order valence-electron chi connectivity index (χ4n) is 1.40. The standard InChI is InChI=1S/C10H10N2O4/c1-12(9(14)5-13)6-2-3-8-7(4-6)11-10(15)16-8/h2-4,13H,5H2,1H3,(H,11,15). The lowest BCUT2D eigenvalue weighted by Gasteiger charge is -2.15. The van der Waals surface area contributed by atoms with Gasteiger partial charge >= 0.3 is 5.76 Å². The summed E-state index contributed by atoms with van der Waals surface area (Å²) in [4.78, 5) is 25.9. The molecule has 1 heterocycles. The van der Waals surface area contributed by atoms with Crippen LogP contribution in [0.2, 0.25) is 0 Å². The third kappa shape index (κ3) is 1.70. The molecule has 0 saturated carbocycles. The molecule has 1 amide bonds. The summed E-state index contributed by atoms with van der Waals surface area (Å²) in [6, 6.07) is 4.82. The van der Waals surface area contributed by atoms with Crippen molar-refractivity contribution in [2.75, 3.05) is 18.6 Å². The molecular formula is C10H10N2O4. The van der Waals surface area contributed by atoms with Crippen LogP contribution in [0.25, 0.3) is 11.1 Å². The lowest BCUT2D eigenvalue weighted by molar-refractivity contribution is -0.120. The van der Waals surface area contributed by atoms with Crippen LogP contribution in [0.3, 0.4) is 0 Å². The number of aromatic amines is 1. The summed E-state index contributed by atoms with van der Waals surface area (Å²) in [7, 11) is 1.54. The van der Waals surface area contributed by atoms with E-state index in [9.17, 15) is 9.59 Å². The number of fused-ring (bicyclic) bond motifs is 1. The van der Waals surface area contributed by atoms with Crippen molar-refractivity contribution < 1.29 is 14.3 Å². The molecule has 2 rings (SSSR count). The number of aromatic nitrogens is 1. The van der Waals surface area contributed by atoms with Crippen molar-refractivity contribution in [1.82, 2.24) is 4.98 Å². The summed E-state index contributed by atoms with van der Waals surface area (Å²) >= 11 is 0. The first-order valence-electron chi connectivity index (χ1n) is 4.62. The number of amides is 1. The van der Waals surface area contributed by atoms with Crippen LogP contribution >= 0.6 is 0 Å². The highest BCUT2D eigenvalue weighted by Crippen LogP contribution is 2.18. The van der Waals surface area contributed by atoms with Gasteiger partial charge in [0, 0.05) is 12.7 Å². The van der Waals surface area contributed by atoms with E-state index in [1.807, 2.05) is 0 Å². The van der Waals surface area contributed by atoms with Crippen molar-refractivity contribution in [2.24, 2.45) is 0 Å². The van der Waals surface area contributed by atoms with Gasteiger partial charge in [-0.3, -0.25) is 9.78 Å². The predicted octanol–water partition coefficient (Wildman–Crippen LogP) is 0.0762. The quantitative estimate of drug-likeness (QED) is 0.753. The highest BCUT2D eigenvalue weighted by atomic mass is 16.4. The van der Waals surface area contributed by atoms with E-state index in [0.717, 1.165) is 0 Å². The number of aliphatic hydroxyl groups is 1. The van der Waals surface area contributed by atoms with Crippen molar-refractivity contribution in [3.8, 4) is 0 Å². The number of H-pyrrole nitrogens is 1. The van der Waals surface area contributed by atoms with Gasteiger partial charge in [0.2, 0.25) is 0 Å². The van der Waals surface area contributed by atoms with Crippen LogP contribution in [0.5, 0.6) is 0 Å². The number of likely N-dealkylation sites (N-methyl/N-ethyl adjacent to an activating group) is 1. The van der Waals surface area contributed by atoms with Crippen molar-refractivity contribution in [3.05, 3.63) is 28.7 Å². The largest absolute Gasteiger partial charge is 0.417 e. The first-order chi connectivity index (χ1) is 7.61. The van der Waals surface area contributed by atoms with Gasteiger partial charge in [0.1, 0.15) is 6.61 Å². The third-order valence-electron chi connectivity index (χ3n) is 2.30.